The van der Waals surface area contributed by atoms with Gasteiger partial charge in [0.25, 0.3) is 0 Å². The third-order valence-electron chi connectivity index (χ3n) is 4.62. The SMILES string of the molecule is Cc1ccccc1CC(=O)N1CCN(C(=O)Nc2ccc(F)cc2)CC1. The number of anilines is 1. The third-order valence-corrected chi connectivity index (χ3v) is 4.62. The molecule has 0 bridgehead atoms. The topological polar surface area (TPSA) is 52.7 Å². The largest absolute Gasteiger partial charge is 0.339 e. The van der Waals surface area contributed by atoms with Crippen molar-refractivity contribution in [1.29, 1.82) is 0 Å². The van der Waals surface area contributed by atoms with Gasteiger partial charge in [-0.2, -0.15) is 0 Å². The summed E-state index contributed by atoms with van der Waals surface area (Å²) in [5.41, 5.74) is 2.70. The minimum atomic E-state index is -0.344. The van der Waals surface area contributed by atoms with Crippen molar-refractivity contribution in [3.8, 4) is 0 Å². The van der Waals surface area contributed by atoms with E-state index in [2.05, 4.69) is 5.32 Å². The van der Waals surface area contributed by atoms with Gasteiger partial charge in [-0.05, 0) is 42.3 Å². The summed E-state index contributed by atoms with van der Waals surface area (Å²) < 4.78 is 12.9. The van der Waals surface area contributed by atoms with Crippen LogP contribution in [0.5, 0.6) is 0 Å². The van der Waals surface area contributed by atoms with E-state index in [9.17, 15) is 14.0 Å². The van der Waals surface area contributed by atoms with Crippen molar-refractivity contribution in [3.63, 3.8) is 0 Å². The molecule has 0 aromatic heterocycles. The summed E-state index contributed by atoms with van der Waals surface area (Å²) in [6.45, 7) is 3.99. The number of carbonyl (C=O) groups excluding carboxylic acids is 2. The van der Waals surface area contributed by atoms with Gasteiger partial charge in [0.1, 0.15) is 5.82 Å². The molecule has 2 aromatic rings. The Morgan fingerprint density at radius 2 is 1.58 bits per heavy atom. The van der Waals surface area contributed by atoms with Crippen molar-refractivity contribution in [2.75, 3.05) is 31.5 Å². The van der Waals surface area contributed by atoms with Gasteiger partial charge in [-0.15, -0.1) is 0 Å². The van der Waals surface area contributed by atoms with Crippen LogP contribution >= 0.6 is 0 Å². The highest BCUT2D eigenvalue weighted by Gasteiger charge is 2.24. The van der Waals surface area contributed by atoms with Crippen molar-refractivity contribution in [2.45, 2.75) is 13.3 Å². The quantitative estimate of drug-likeness (QED) is 0.920. The maximum Gasteiger partial charge on any atom is 0.321 e. The van der Waals surface area contributed by atoms with Crippen molar-refractivity contribution in [3.05, 3.63) is 65.5 Å². The number of halogens is 1. The number of piperazine rings is 1. The van der Waals surface area contributed by atoms with Crippen molar-refractivity contribution in [1.82, 2.24) is 9.80 Å². The van der Waals surface area contributed by atoms with E-state index in [-0.39, 0.29) is 17.8 Å². The zero-order valence-corrected chi connectivity index (χ0v) is 14.7. The first-order valence-corrected chi connectivity index (χ1v) is 8.67. The fraction of sp³-hybridized carbons (Fsp3) is 0.300. The Kier molecular flexibility index (Phi) is 5.51. The molecule has 6 heteroatoms. The second-order valence-electron chi connectivity index (χ2n) is 6.41. The molecule has 1 saturated heterocycles. The Hall–Kier alpha value is -2.89. The molecule has 1 N–H and O–H groups in total. The molecule has 136 valence electrons. The van der Waals surface area contributed by atoms with Crippen molar-refractivity contribution < 1.29 is 14.0 Å². The number of hydrogen-bond donors (Lipinski definition) is 1. The maximum absolute atomic E-state index is 12.9. The summed E-state index contributed by atoms with van der Waals surface area (Å²) in [6, 6.07) is 13.3. The number of nitrogens with one attached hydrogen (secondary N) is 1. The molecule has 0 unspecified atom stereocenters. The van der Waals surface area contributed by atoms with E-state index in [0.717, 1.165) is 11.1 Å². The number of aryl methyl sites for hydroxylation is 1. The van der Waals surface area contributed by atoms with E-state index >= 15 is 0 Å². The van der Waals surface area contributed by atoms with Crippen molar-refractivity contribution >= 4 is 17.6 Å². The van der Waals surface area contributed by atoms with Gasteiger partial charge >= 0.3 is 6.03 Å². The molecule has 26 heavy (non-hydrogen) atoms. The molecule has 1 fully saturated rings. The Morgan fingerprint density at radius 1 is 0.962 bits per heavy atom. The molecule has 1 aliphatic rings. The molecule has 0 spiro atoms. The fourth-order valence-corrected chi connectivity index (χ4v) is 2.98. The molecule has 2 aromatic carbocycles. The highest BCUT2D eigenvalue weighted by Crippen LogP contribution is 2.13. The number of nitrogens with zero attached hydrogens (tertiary/aromatic N) is 2. The van der Waals surface area contributed by atoms with Crippen LogP contribution in [0.4, 0.5) is 14.9 Å². The summed E-state index contributed by atoms with van der Waals surface area (Å²) in [5, 5.41) is 2.75. The number of hydrogen-bond acceptors (Lipinski definition) is 2. The maximum atomic E-state index is 12.9. The third kappa shape index (κ3) is 4.39. The molecule has 0 saturated carbocycles. The molecular formula is C20H22FN3O2. The van der Waals surface area contributed by atoms with Crippen LogP contribution in [-0.4, -0.2) is 47.9 Å². The predicted molar refractivity (Wildman–Crippen MR) is 98.5 cm³/mol. The zero-order chi connectivity index (χ0) is 18.5. The van der Waals surface area contributed by atoms with E-state index in [4.69, 9.17) is 0 Å². The van der Waals surface area contributed by atoms with Crippen LogP contribution in [-0.2, 0) is 11.2 Å². The lowest BCUT2D eigenvalue weighted by atomic mass is 10.1. The molecule has 5 nitrogen and oxygen atoms in total. The number of urea groups is 1. The highest BCUT2D eigenvalue weighted by atomic mass is 19.1. The lowest BCUT2D eigenvalue weighted by molar-refractivity contribution is -0.131. The molecule has 0 aliphatic carbocycles. The lowest BCUT2D eigenvalue weighted by Crippen LogP contribution is -2.52. The minimum absolute atomic E-state index is 0.0814. The second kappa shape index (κ2) is 7.99. The van der Waals surface area contributed by atoms with Gasteiger partial charge < -0.3 is 15.1 Å². The molecule has 1 heterocycles. The van der Waals surface area contributed by atoms with Gasteiger partial charge in [0, 0.05) is 31.9 Å². The number of rotatable bonds is 3. The van der Waals surface area contributed by atoms with Gasteiger partial charge in [0.05, 0.1) is 6.42 Å². The first-order chi connectivity index (χ1) is 12.5. The second-order valence-corrected chi connectivity index (χ2v) is 6.41. The Bertz CT molecular complexity index is 784. The predicted octanol–water partition coefficient (Wildman–Crippen LogP) is 3.05. The van der Waals surface area contributed by atoms with Gasteiger partial charge in [0.2, 0.25) is 5.91 Å². The summed E-state index contributed by atoms with van der Waals surface area (Å²) in [6.07, 6.45) is 0.383. The van der Waals surface area contributed by atoms with E-state index < -0.39 is 0 Å². The first kappa shape index (κ1) is 17.9. The Morgan fingerprint density at radius 3 is 2.23 bits per heavy atom. The first-order valence-electron chi connectivity index (χ1n) is 8.67. The number of benzene rings is 2. The molecule has 0 atom stereocenters. The lowest BCUT2D eigenvalue weighted by Gasteiger charge is -2.34. The van der Waals surface area contributed by atoms with Crippen LogP contribution in [0.15, 0.2) is 48.5 Å². The smallest absolute Gasteiger partial charge is 0.321 e. The van der Waals surface area contributed by atoms with E-state index in [0.29, 0.717) is 38.3 Å². The fourth-order valence-electron chi connectivity index (χ4n) is 2.98. The van der Waals surface area contributed by atoms with E-state index in [1.165, 1.54) is 24.3 Å². The molecule has 3 rings (SSSR count). The molecular weight excluding hydrogens is 333 g/mol. The monoisotopic (exact) mass is 355 g/mol. The van der Waals surface area contributed by atoms with Crippen LogP contribution in [0.25, 0.3) is 0 Å². The van der Waals surface area contributed by atoms with Crippen LogP contribution in [0.1, 0.15) is 11.1 Å². The summed E-state index contributed by atoms with van der Waals surface area (Å²) in [7, 11) is 0. The average molecular weight is 355 g/mol. The highest BCUT2D eigenvalue weighted by molar-refractivity contribution is 5.89. The van der Waals surface area contributed by atoms with Gasteiger partial charge in [-0.3, -0.25) is 4.79 Å². The normalized spacial score (nSPS) is 14.2. The van der Waals surface area contributed by atoms with Crippen LogP contribution in [0, 0.1) is 12.7 Å². The van der Waals surface area contributed by atoms with Crippen LogP contribution in [0.2, 0.25) is 0 Å². The van der Waals surface area contributed by atoms with Gasteiger partial charge in [-0.1, -0.05) is 24.3 Å². The Labute approximate surface area is 152 Å². The standard InChI is InChI=1S/C20H22FN3O2/c1-15-4-2-3-5-16(15)14-19(25)23-10-12-24(13-11-23)20(26)22-18-8-6-17(21)7-9-18/h2-9H,10-14H2,1H3,(H,22,26). The van der Waals surface area contributed by atoms with E-state index in [1.807, 2.05) is 31.2 Å². The molecule has 3 amide bonds. The zero-order valence-electron chi connectivity index (χ0n) is 14.7. The Balaban J connectivity index is 1.50. The average Bonchev–Trinajstić information content (AvgIpc) is 2.65. The van der Waals surface area contributed by atoms with Crippen LogP contribution in [0.3, 0.4) is 0 Å². The number of amides is 3. The number of carbonyl (C=O) groups is 2. The molecule has 0 radical (unpaired) electrons. The summed E-state index contributed by atoms with van der Waals surface area (Å²) >= 11 is 0. The summed E-state index contributed by atoms with van der Waals surface area (Å²) in [4.78, 5) is 28.2. The minimum Gasteiger partial charge on any atom is -0.339 e. The molecule has 1 aliphatic heterocycles. The summed E-state index contributed by atoms with van der Waals surface area (Å²) in [5.74, 6) is -0.262. The van der Waals surface area contributed by atoms with Crippen molar-refractivity contribution in [2.24, 2.45) is 0 Å². The van der Waals surface area contributed by atoms with Gasteiger partial charge in [0.15, 0.2) is 0 Å². The van der Waals surface area contributed by atoms with Crippen LogP contribution < -0.4 is 5.32 Å². The van der Waals surface area contributed by atoms with Gasteiger partial charge in [-0.25, -0.2) is 9.18 Å². The van der Waals surface area contributed by atoms with E-state index in [1.54, 1.807) is 9.80 Å².